The summed E-state index contributed by atoms with van der Waals surface area (Å²) in [6.45, 7) is 1.94. The first-order valence-electron chi connectivity index (χ1n) is 6.48. The van der Waals surface area contributed by atoms with Crippen molar-refractivity contribution in [3.05, 3.63) is 59.2 Å². The lowest BCUT2D eigenvalue weighted by Gasteiger charge is -2.07. The third-order valence-electron chi connectivity index (χ3n) is 3.00. The molecule has 8 heteroatoms. The van der Waals surface area contributed by atoms with Crippen molar-refractivity contribution < 1.29 is 22.9 Å². The molecular weight excluding hydrogens is 320 g/mol. The van der Waals surface area contributed by atoms with Crippen molar-refractivity contribution in [2.24, 2.45) is 5.10 Å². The molecule has 0 saturated heterocycles. The van der Waals surface area contributed by atoms with Gasteiger partial charge in [-0.25, -0.2) is 4.79 Å². The summed E-state index contributed by atoms with van der Waals surface area (Å²) in [5.74, 6) is -1.25. The molecule has 0 amide bonds. The highest BCUT2D eigenvalue weighted by atomic mass is 32.2. The average molecular weight is 334 g/mol. The highest BCUT2D eigenvalue weighted by Crippen LogP contribution is 2.21. The van der Waals surface area contributed by atoms with Crippen LogP contribution in [0.3, 0.4) is 0 Å². The molecule has 2 aromatic rings. The zero-order valence-corrected chi connectivity index (χ0v) is 12.9. The van der Waals surface area contributed by atoms with Crippen LogP contribution in [0, 0.1) is 6.92 Å². The van der Waals surface area contributed by atoms with Crippen LogP contribution in [-0.2, 0) is 10.1 Å². The summed E-state index contributed by atoms with van der Waals surface area (Å²) < 4.78 is 31.3. The van der Waals surface area contributed by atoms with Crippen molar-refractivity contribution in [1.29, 1.82) is 0 Å². The molecule has 0 aliphatic heterocycles. The van der Waals surface area contributed by atoms with Crippen molar-refractivity contribution in [2.75, 3.05) is 5.43 Å². The molecule has 0 atom stereocenters. The second-order valence-electron chi connectivity index (χ2n) is 4.77. The van der Waals surface area contributed by atoms with Gasteiger partial charge in [0.15, 0.2) is 0 Å². The average Bonchev–Trinajstić information content (AvgIpc) is 2.48. The molecule has 0 bridgehead atoms. The second-order valence-corrected chi connectivity index (χ2v) is 6.19. The summed E-state index contributed by atoms with van der Waals surface area (Å²) in [6.07, 6.45) is 1.46. The molecule has 3 N–H and O–H groups in total. The normalized spacial score (nSPS) is 11.6. The maximum absolute atomic E-state index is 11.1. The Morgan fingerprint density at radius 2 is 1.83 bits per heavy atom. The number of rotatable bonds is 5. The predicted octanol–water partition coefficient (Wildman–Crippen LogP) is 2.39. The maximum atomic E-state index is 11.1. The SMILES string of the molecule is Cc1ccc(/C=N/Nc2cc(S(=O)(=O)O)ccc2C(=O)O)cc1. The lowest BCUT2D eigenvalue weighted by Crippen LogP contribution is -2.06. The van der Waals surface area contributed by atoms with E-state index in [9.17, 15) is 13.2 Å². The van der Waals surface area contributed by atoms with Crippen LogP contribution < -0.4 is 5.43 Å². The number of nitrogens with one attached hydrogen (secondary N) is 1. The Labute approximate surface area is 133 Å². The molecule has 0 aliphatic carbocycles. The van der Waals surface area contributed by atoms with E-state index in [1.54, 1.807) is 0 Å². The number of hydrogen-bond donors (Lipinski definition) is 3. The number of benzene rings is 2. The van der Waals surface area contributed by atoms with Crippen LogP contribution in [0.4, 0.5) is 5.69 Å². The fourth-order valence-electron chi connectivity index (χ4n) is 1.79. The molecule has 0 radical (unpaired) electrons. The molecule has 2 aromatic carbocycles. The van der Waals surface area contributed by atoms with Crippen LogP contribution in [-0.4, -0.2) is 30.3 Å². The van der Waals surface area contributed by atoms with E-state index >= 15 is 0 Å². The van der Waals surface area contributed by atoms with Gasteiger partial charge in [0.05, 0.1) is 22.4 Å². The number of anilines is 1. The minimum absolute atomic E-state index is 0.0454. The van der Waals surface area contributed by atoms with Gasteiger partial charge in [-0.15, -0.1) is 0 Å². The fourth-order valence-corrected chi connectivity index (χ4v) is 2.30. The zero-order valence-electron chi connectivity index (χ0n) is 12.1. The van der Waals surface area contributed by atoms with E-state index in [1.165, 1.54) is 6.21 Å². The van der Waals surface area contributed by atoms with Crippen molar-refractivity contribution in [3.8, 4) is 0 Å². The summed E-state index contributed by atoms with van der Waals surface area (Å²) >= 11 is 0. The van der Waals surface area contributed by atoms with Gasteiger partial charge in [-0.3, -0.25) is 9.98 Å². The topological polar surface area (TPSA) is 116 Å². The largest absolute Gasteiger partial charge is 0.478 e. The van der Waals surface area contributed by atoms with E-state index in [-0.39, 0.29) is 11.3 Å². The standard InChI is InChI=1S/C15H14N2O5S/c1-10-2-4-11(5-3-10)9-16-17-14-8-12(23(20,21)22)6-7-13(14)15(18)19/h2-9,17H,1H3,(H,18,19)(H,20,21,22)/b16-9+. The summed E-state index contributed by atoms with van der Waals surface area (Å²) in [5.41, 5.74) is 4.14. The predicted molar refractivity (Wildman–Crippen MR) is 85.6 cm³/mol. The Morgan fingerprint density at radius 1 is 1.17 bits per heavy atom. The van der Waals surface area contributed by atoms with Gasteiger partial charge >= 0.3 is 5.97 Å². The van der Waals surface area contributed by atoms with Crippen LogP contribution in [0.25, 0.3) is 0 Å². The smallest absolute Gasteiger partial charge is 0.337 e. The number of carboxylic acid groups (broad SMARTS) is 1. The van der Waals surface area contributed by atoms with Gasteiger partial charge in [-0.2, -0.15) is 13.5 Å². The maximum Gasteiger partial charge on any atom is 0.337 e. The third kappa shape index (κ3) is 4.38. The summed E-state index contributed by atoms with van der Waals surface area (Å²) in [7, 11) is -4.43. The van der Waals surface area contributed by atoms with Gasteiger partial charge < -0.3 is 5.11 Å². The van der Waals surface area contributed by atoms with Gasteiger partial charge in [-0.05, 0) is 30.7 Å². The minimum atomic E-state index is -4.43. The van der Waals surface area contributed by atoms with Crippen molar-refractivity contribution >= 4 is 28.0 Å². The van der Waals surface area contributed by atoms with Gasteiger partial charge in [-0.1, -0.05) is 29.8 Å². The molecule has 7 nitrogen and oxygen atoms in total. The number of hydrogen-bond acceptors (Lipinski definition) is 5. The molecule has 2 rings (SSSR count). The Bertz CT molecular complexity index is 858. The summed E-state index contributed by atoms with van der Waals surface area (Å²) in [4.78, 5) is 10.7. The summed E-state index contributed by atoms with van der Waals surface area (Å²) in [5, 5.41) is 13.0. The Kier molecular flexibility index (Phi) is 4.77. The monoisotopic (exact) mass is 334 g/mol. The van der Waals surface area contributed by atoms with Crippen LogP contribution in [0.5, 0.6) is 0 Å². The number of aromatic carboxylic acids is 1. The zero-order chi connectivity index (χ0) is 17.0. The molecule has 23 heavy (non-hydrogen) atoms. The molecule has 120 valence electrons. The molecule has 0 fully saturated rings. The Morgan fingerprint density at radius 3 is 2.39 bits per heavy atom. The molecule has 0 aliphatic rings. The highest BCUT2D eigenvalue weighted by Gasteiger charge is 2.16. The molecule has 0 spiro atoms. The van der Waals surface area contributed by atoms with Gasteiger partial charge in [0.2, 0.25) is 0 Å². The van der Waals surface area contributed by atoms with Crippen LogP contribution in [0.15, 0.2) is 52.5 Å². The van der Waals surface area contributed by atoms with Gasteiger partial charge in [0, 0.05) is 0 Å². The van der Waals surface area contributed by atoms with Crippen molar-refractivity contribution in [1.82, 2.24) is 0 Å². The molecule has 0 saturated carbocycles. The van der Waals surface area contributed by atoms with E-state index in [2.05, 4.69) is 10.5 Å². The first-order chi connectivity index (χ1) is 10.8. The highest BCUT2D eigenvalue weighted by molar-refractivity contribution is 7.85. The van der Waals surface area contributed by atoms with Crippen molar-refractivity contribution in [2.45, 2.75) is 11.8 Å². The quantitative estimate of drug-likeness (QED) is 0.439. The number of carboxylic acids is 1. The van der Waals surface area contributed by atoms with Crippen LogP contribution in [0.1, 0.15) is 21.5 Å². The number of carbonyl (C=O) groups is 1. The number of hydrazone groups is 1. The van der Waals surface area contributed by atoms with Crippen LogP contribution in [0.2, 0.25) is 0 Å². The van der Waals surface area contributed by atoms with Gasteiger partial charge in [0.25, 0.3) is 10.1 Å². The fraction of sp³-hybridized carbons (Fsp3) is 0.0667. The third-order valence-corrected chi connectivity index (χ3v) is 3.84. The minimum Gasteiger partial charge on any atom is -0.478 e. The lowest BCUT2D eigenvalue weighted by molar-refractivity contribution is 0.0697. The van der Waals surface area contributed by atoms with Gasteiger partial charge in [0.1, 0.15) is 0 Å². The second kappa shape index (κ2) is 6.59. The molecule has 0 unspecified atom stereocenters. The van der Waals surface area contributed by atoms with E-state index in [0.29, 0.717) is 0 Å². The van der Waals surface area contributed by atoms with Crippen LogP contribution >= 0.6 is 0 Å². The Hall–Kier alpha value is -2.71. The van der Waals surface area contributed by atoms with Crippen molar-refractivity contribution in [3.63, 3.8) is 0 Å². The number of aryl methyl sites for hydroxylation is 1. The Balaban J connectivity index is 2.29. The summed E-state index contributed by atoms with van der Waals surface area (Å²) in [6, 6.07) is 10.5. The lowest BCUT2D eigenvalue weighted by atomic mass is 10.2. The molecular formula is C15H14N2O5S. The number of nitrogens with zero attached hydrogens (tertiary/aromatic N) is 1. The molecule has 0 heterocycles. The van der Waals surface area contributed by atoms with E-state index in [1.807, 2.05) is 31.2 Å². The van der Waals surface area contributed by atoms with E-state index in [0.717, 1.165) is 29.3 Å². The first-order valence-corrected chi connectivity index (χ1v) is 7.92. The molecule has 0 aromatic heterocycles. The first kappa shape index (κ1) is 16.7. The van der Waals surface area contributed by atoms with E-state index < -0.39 is 21.0 Å². The van der Waals surface area contributed by atoms with E-state index in [4.69, 9.17) is 9.66 Å².